The molecule has 2 N–H and O–H groups in total. The molecule has 2 heterocycles. The van der Waals surface area contributed by atoms with Gasteiger partial charge in [-0.3, -0.25) is 14.6 Å². The van der Waals surface area contributed by atoms with Gasteiger partial charge in [0, 0.05) is 29.0 Å². The largest absolute Gasteiger partial charge is 0.490 e. The quantitative estimate of drug-likeness (QED) is 0.523. The van der Waals surface area contributed by atoms with E-state index in [0.717, 1.165) is 23.5 Å². The minimum Gasteiger partial charge on any atom is -0.490 e. The molecule has 36 heavy (non-hydrogen) atoms. The topological polar surface area (TPSA) is 83.0 Å². The molecule has 0 bridgehead atoms. The Labute approximate surface area is 211 Å². The van der Waals surface area contributed by atoms with E-state index in [-0.39, 0.29) is 30.0 Å². The summed E-state index contributed by atoms with van der Waals surface area (Å²) in [5.74, 6) is 1.14. The number of anilines is 2. The predicted molar refractivity (Wildman–Crippen MR) is 142 cm³/mol. The first-order valence-electron chi connectivity index (χ1n) is 12.3. The standard InChI is InChI=1S/C29H30N4O3/c1-18(2)36-26-11-7-5-9-23(26)28(34)32-21-14-12-20(13-15-21)29(35)33-17-16-24-27(31-19(3)30-24)22-8-4-6-10-25(22)33/h4-15,18,24,27H,16-17H2,1-3H3,(H,30,31)(H,32,34). The second kappa shape index (κ2) is 9.85. The van der Waals surface area contributed by atoms with Crippen molar-refractivity contribution in [1.29, 1.82) is 0 Å². The number of nitrogens with zero attached hydrogens (tertiary/aromatic N) is 2. The van der Waals surface area contributed by atoms with Crippen molar-refractivity contribution in [3.05, 3.63) is 89.5 Å². The Balaban J connectivity index is 1.34. The van der Waals surface area contributed by atoms with Crippen LogP contribution in [0.15, 0.2) is 77.8 Å². The first kappa shape index (κ1) is 23.6. The molecule has 0 saturated carbocycles. The summed E-state index contributed by atoms with van der Waals surface area (Å²) >= 11 is 0. The van der Waals surface area contributed by atoms with Gasteiger partial charge < -0.3 is 20.3 Å². The smallest absolute Gasteiger partial charge is 0.259 e. The summed E-state index contributed by atoms with van der Waals surface area (Å²) in [4.78, 5) is 33.1. The molecule has 0 spiro atoms. The summed E-state index contributed by atoms with van der Waals surface area (Å²) < 4.78 is 5.77. The number of carbonyl (C=O) groups excluding carboxylic acids is 2. The number of hydrogen-bond donors (Lipinski definition) is 2. The maximum Gasteiger partial charge on any atom is 0.259 e. The molecule has 2 aliphatic rings. The highest BCUT2D eigenvalue weighted by Gasteiger charge is 2.35. The van der Waals surface area contributed by atoms with Gasteiger partial charge in [0.05, 0.1) is 29.6 Å². The monoisotopic (exact) mass is 482 g/mol. The van der Waals surface area contributed by atoms with Crippen molar-refractivity contribution < 1.29 is 14.3 Å². The molecule has 7 heteroatoms. The predicted octanol–water partition coefficient (Wildman–Crippen LogP) is 5.21. The third-order valence-corrected chi connectivity index (χ3v) is 6.45. The number of amidine groups is 1. The number of hydrogen-bond acceptors (Lipinski definition) is 5. The fourth-order valence-electron chi connectivity index (χ4n) is 4.84. The molecule has 3 aromatic carbocycles. The van der Waals surface area contributed by atoms with Crippen LogP contribution in [0.2, 0.25) is 0 Å². The van der Waals surface area contributed by atoms with Crippen LogP contribution >= 0.6 is 0 Å². The van der Waals surface area contributed by atoms with Gasteiger partial charge >= 0.3 is 0 Å². The highest BCUT2D eigenvalue weighted by Crippen LogP contribution is 2.38. The lowest BCUT2D eigenvalue weighted by Crippen LogP contribution is -2.35. The van der Waals surface area contributed by atoms with Crippen molar-refractivity contribution in [3.8, 4) is 5.75 Å². The number of ether oxygens (including phenoxy) is 1. The van der Waals surface area contributed by atoms with Gasteiger partial charge in [0.2, 0.25) is 0 Å². The highest BCUT2D eigenvalue weighted by atomic mass is 16.5. The average Bonchev–Trinajstić information content (AvgIpc) is 3.17. The molecule has 2 amide bonds. The van der Waals surface area contributed by atoms with E-state index >= 15 is 0 Å². The molecule has 2 atom stereocenters. The van der Waals surface area contributed by atoms with Gasteiger partial charge in [-0.25, -0.2) is 0 Å². The van der Waals surface area contributed by atoms with Gasteiger partial charge in [-0.05, 0) is 69.7 Å². The van der Waals surface area contributed by atoms with Crippen molar-refractivity contribution in [2.45, 2.75) is 45.4 Å². The first-order valence-corrected chi connectivity index (χ1v) is 12.3. The maximum atomic E-state index is 13.6. The molecule has 7 nitrogen and oxygen atoms in total. The Bertz CT molecular complexity index is 1320. The van der Waals surface area contributed by atoms with E-state index in [2.05, 4.69) is 16.7 Å². The Morgan fingerprint density at radius 2 is 1.75 bits per heavy atom. The van der Waals surface area contributed by atoms with E-state index in [1.807, 2.05) is 49.9 Å². The lowest BCUT2D eigenvalue weighted by Gasteiger charge is -2.23. The molecule has 2 unspecified atom stereocenters. The van der Waals surface area contributed by atoms with Gasteiger partial charge in [0.1, 0.15) is 5.75 Å². The van der Waals surface area contributed by atoms with Crippen LogP contribution in [-0.4, -0.2) is 36.3 Å². The number of rotatable bonds is 5. The number of amides is 2. The summed E-state index contributed by atoms with van der Waals surface area (Å²) in [6.07, 6.45) is 0.761. The normalized spacial score (nSPS) is 18.4. The molecular weight excluding hydrogens is 452 g/mol. The van der Waals surface area contributed by atoms with Gasteiger partial charge in [-0.1, -0.05) is 30.3 Å². The van der Waals surface area contributed by atoms with Crippen LogP contribution in [0.5, 0.6) is 5.75 Å². The van der Waals surface area contributed by atoms with Crippen LogP contribution in [0.3, 0.4) is 0 Å². The zero-order valence-corrected chi connectivity index (χ0v) is 20.7. The fourth-order valence-corrected chi connectivity index (χ4v) is 4.84. The van der Waals surface area contributed by atoms with Crippen LogP contribution in [-0.2, 0) is 0 Å². The maximum absolute atomic E-state index is 13.6. The van der Waals surface area contributed by atoms with Gasteiger partial charge in [-0.2, -0.15) is 0 Å². The van der Waals surface area contributed by atoms with Crippen molar-refractivity contribution in [1.82, 2.24) is 5.32 Å². The van der Waals surface area contributed by atoms with Crippen LogP contribution in [0, 0.1) is 0 Å². The molecule has 5 rings (SSSR count). The summed E-state index contributed by atoms with van der Waals surface area (Å²) in [6.45, 7) is 6.42. The number of carbonyl (C=O) groups is 2. The van der Waals surface area contributed by atoms with Crippen molar-refractivity contribution >= 4 is 29.0 Å². The number of nitrogens with one attached hydrogen (secondary N) is 2. The van der Waals surface area contributed by atoms with E-state index in [4.69, 9.17) is 9.73 Å². The number of para-hydroxylation sites is 2. The molecule has 3 aromatic rings. The summed E-state index contributed by atoms with van der Waals surface area (Å²) in [7, 11) is 0. The number of benzene rings is 3. The van der Waals surface area contributed by atoms with Gasteiger partial charge in [-0.15, -0.1) is 0 Å². The minimum atomic E-state index is -0.262. The Kier molecular flexibility index (Phi) is 6.46. The van der Waals surface area contributed by atoms with Crippen molar-refractivity contribution in [2.24, 2.45) is 4.99 Å². The molecule has 0 aliphatic carbocycles. The molecular formula is C29H30N4O3. The van der Waals surface area contributed by atoms with E-state index in [0.29, 0.717) is 29.1 Å². The van der Waals surface area contributed by atoms with E-state index < -0.39 is 0 Å². The van der Waals surface area contributed by atoms with Crippen molar-refractivity contribution in [3.63, 3.8) is 0 Å². The third kappa shape index (κ3) is 4.69. The summed E-state index contributed by atoms with van der Waals surface area (Å²) in [5, 5.41) is 6.36. The summed E-state index contributed by atoms with van der Waals surface area (Å²) in [5.41, 5.74) is 3.59. The lowest BCUT2D eigenvalue weighted by molar-refractivity contribution is 0.0985. The number of aliphatic imine (C=N–C) groups is 1. The molecule has 0 saturated heterocycles. The average molecular weight is 483 g/mol. The summed E-state index contributed by atoms with van der Waals surface area (Å²) in [6, 6.07) is 22.4. The minimum absolute atomic E-state index is 0.0131. The Morgan fingerprint density at radius 3 is 2.53 bits per heavy atom. The SMILES string of the molecule is CC1=NC2c3ccccc3N(C(=O)c3ccc(NC(=O)c4ccccc4OC(C)C)cc3)CCC2N1. The van der Waals surface area contributed by atoms with Gasteiger partial charge in [0.15, 0.2) is 0 Å². The lowest BCUT2D eigenvalue weighted by atomic mass is 9.99. The molecule has 0 fully saturated rings. The van der Waals surface area contributed by atoms with Crippen LogP contribution < -0.4 is 20.3 Å². The Hall–Kier alpha value is -4.13. The molecule has 184 valence electrons. The van der Waals surface area contributed by atoms with Crippen LogP contribution in [0.4, 0.5) is 11.4 Å². The third-order valence-electron chi connectivity index (χ3n) is 6.45. The highest BCUT2D eigenvalue weighted by molar-refractivity contribution is 6.08. The van der Waals surface area contributed by atoms with Crippen LogP contribution in [0.1, 0.15) is 59.5 Å². The second-order valence-electron chi connectivity index (χ2n) is 9.41. The van der Waals surface area contributed by atoms with E-state index in [9.17, 15) is 9.59 Å². The second-order valence-corrected chi connectivity index (χ2v) is 9.41. The van der Waals surface area contributed by atoms with Crippen LogP contribution in [0.25, 0.3) is 0 Å². The molecule has 2 aliphatic heterocycles. The fraction of sp³-hybridized carbons (Fsp3) is 0.276. The Morgan fingerprint density at radius 1 is 1.03 bits per heavy atom. The van der Waals surface area contributed by atoms with E-state index in [1.165, 1.54) is 0 Å². The molecule has 0 aromatic heterocycles. The van der Waals surface area contributed by atoms with E-state index in [1.54, 1.807) is 42.5 Å². The molecule has 0 radical (unpaired) electrons. The zero-order valence-electron chi connectivity index (χ0n) is 20.7. The number of fused-ring (bicyclic) bond motifs is 3. The van der Waals surface area contributed by atoms with Crippen molar-refractivity contribution in [2.75, 3.05) is 16.8 Å². The zero-order chi connectivity index (χ0) is 25.2. The van der Waals surface area contributed by atoms with Gasteiger partial charge in [0.25, 0.3) is 11.8 Å². The first-order chi connectivity index (χ1) is 17.4.